The molecular formula is C25H23F9N2O2. The first-order chi connectivity index (χ1) is 17.6. The van der Waals surface area contributed by atoms with Crippen LogP contribution in [0, 0.1) is 5.92 Å². The number of benzene rings is 2. The molecule has 1 aliphatic heterocycles. The molecule has 0 bridgehead atoms. The van der Waals surface area contributed by atoms with Gasteiger partial charge in [-0.2, -0.15) is 39.5 Å². The van der Waals surface area contributed by atoms with Crippen molar-refractivity contribution in [3.05, 3.63) is 64.2 Å². The van der Waals surface area contributed by atoms with Crippen molar-refractivity contribution >= 4 is 11.8 Å². The van der Waals surface area contributed by atoms with E-state index in [1.54, 1.807) is 0 Å². The summed E-state index contributed by atoms with van der Waals surface area (Å²) in [6, 6.07) is 2.51. The zero-order valence-electron chi connectivity index (χ0n) is 19.9. The van der Waals surface area contributed by atoms with Gasteiger partial charge in [-0.25, -0.2) is 4.79 Å². The lowest BCUT2D eigenvalue weighted by Gasteiger charge is -2.44. The molecule has 208 valence electrons. The lowest BCUT2D eigenvalue weighted by molar-refractivity contribution is -0.143. The van der Waals surface area contributed by atoms with E-state index in [-0.39, 0.29) is 30.0 Å². The van der Waals surface area contributed by atoms with Gasteiger partial charge < -0.3 is 10.1 Å². The van der Waals surface area contributed by atoms with Gasteiger partial charge >= 0.3 is 24.6 Å². The highest BCUT2D eigenvalue weighted by Crippen LogP contribution is 2.46. The predicted molar refractivity (Wildman–Crippen MR) is 118 cm³/mol. The molecule has 1 fully saturated rings. The van der Waals surface area contributed by atoms with Gasteiger partial charge in [0.05, 0.1) is 29.8 Å². The number of nitrogens with one attached hydrogen (secondary N) is 1. The van der Waals surface area contributed by atoms with Crippen LogP contribution in [0.2, 0.25) is 0 Å². The second-order valence-corrected chi connectivity index (χ2v) is 9.51. The number of methoxy groups -OCH3 is 1. The predicted octanol–water partition coefficient (Wildman–Crippen LogP) is 8.04. The van der Waals surface area contributed by atoms with Crippen molar-refractivity contribution in [3.8, 4) is 0 Å². The first-order valence-corrected chi connectivity index (χ1v) is 11.7. The average Bonchev–Trinajstić information content (AvgIpc) is 2.78. The molecule has 4 rings (SSSR count). The van der Waals surface area contributed by atoms with Gasteiger partial charge in [-0.1, -0.05) is 6.42 Å². The molecule has 1 saturated carbocycles. The van der Waals surface area contributed by atoms with Gasteiger partial charge in [-0.15, -0.1) is 0 Å². The molecule has 0 unspecified atom stereocenters. The maximum Gasteiger partial charge on any atom is 0.416 e. The maximum absolute atomic E-state index is 13.5. The first-order valence-electron chi connectivity index (χ1n) is 11.7. The normalized spacial score (nSPS) is 20.3. The Balaban J connectivity index is 1.80. The molecule has 13 heteroatoms. The fourth-order valence-corrected chi connectivity index (χ4v) is 4.95. The summed E-state index contributed by atoms with van der Waals surface area (Å²) in [5, 5.41) is 3.20. The number of rotatable bonds is 4. The minimum Gasteiger partial charge on any atom is -0.453 e. The minimum atomic E-state index is -5.11. The van der Waals surface area contributed by atoms with Crippen LogP contribution in [0.15, 0.2) is 36.4 Å². The summed E-state index contributed by atoms with van der Waals surface area (Å²) < 4.78 is 126. The van der Waals surface area contributed by atoms with Crippen molar-refractivity contribution in [3.63, 3.8) is 0 Å². The number of carbonyl (C=O) groups excluding carboxylic acids is 1. The van der Waals surface area contributed by atoms with Crippen LogP contribution in [0.3, 0.4) is 0 Å². The number of nitrogens with zero attached hydrogens (tertiary/aromatic N) is 1. The number of hydrogen-bond acceptors (Lipinski definition) is 3. The van der Waals surface area contributed by atoms with E-state index in [1.807, 2.05) is 0 Å². The van der Waals surface area contributed by atoms with Crippen LogP contribution in [0.25, 0.3) is 0 Å². The second-order valence-electron chi connectivity index (χ2n) is 9.51. The molecule has 1 heterocycles. The van der Waals surface area contributed by atoms with Gasteiger partial charge in [-0.05, 0) is 72.7 Å². The second kappa shape index (κ2) is 9.88. The monoisotopic (exact) mass is 554 g/mol. The highest BCUT2D eigenvalue weighted by molar-refractivity contribution is 5.70. The number of halogens is 9. The van der Waals surface area contributed by atoms with Gasteiger partial charge in [0.25, 0.3) is 0 Å². The molecule has 1 N–H and O–H groups in total. The molecule has 1 amide bonds. The largest absolute Gasteiger partial charge is 0.453 e. The Morgan fingerprint density at radius 3 is 1.95 bits per heavy atom. The fraction of sp³-hybridized carbons (Fsp3) is 0.480. The van der Waals surface area contributed by atoms with Gasteiger partial charge in [0.2, 0.25) is 0 Å². The van der Waals surface area contributed by atoms with E-state index in [4.69, 9.17) is 4.74 Å². The molecule has 0 spiro atoms. The molecule has 0 aromatic heterocycles. The number of hydrogen-bond donors (Lipinski definition) is 1. The highest BCUT2D eigenvalue weighted by atomic mass is 19.4. The van der Waals surface area contributed by atoms with Gasteiger partial charge in [0, 0.05) is 18.3 Å². The number of carbonyl (C=O) groups is 1. The minimum absolute atomic E-state index is 0.0337. The summed E-state index contributed by atoms with van der Waals surface area (Å²) in [4.78, 5) is 13.7. The molecule has 4 nitrogen and oxygen atoms in total. The standard InChI is InChI=1S/C25H23F9N2O2/c1-38-22(37)36(12-13-7-16(24(29,30)31)9-17(8-13)25(32,33)34)21-11-20(14-3-2-4-14)35-19-6-5-15(10-18(19)21)23(26,27)28/h5-10,14,20-21,35H,2-4,11-12H2,1H3/t20-,21-/m0/s1. The fourth-order valence-electron chi connectivity index (χ4n) is 4.95. The van der Waals surface area contributed by atoms with E-state index in [2.05, 4.69) is 5.32 Å². The van der Waals surface area contributed by atoms with Gasteiger partial charge in [0.15, 0.2) is 0 Å². The van der Waals surface area contributed by atoms with Crippen LogP contribution in [-0.2, 0) is 29.8 Å². The summed E-state index contributed by atoms with van der Waals surface area (Å²) in [6.07, 6.45) is -13.3. The van der Waals surface area contributed by atoms with Crippen LogP contribution in [-0.4, -0.2) is 24.1 Å². The molecule has 38 heavy (non-hydrogen) atoms. The summed E-state index contributed by atoms with van der Waals surface area (Å²) in [7, 11) is 0.972. The molecule has 1 aliphatic carbocycles. The Hall–Kier alpha value is -3.12. The zero-order chi connectivity index (χ0) is 28.0. The number of anilines is 1. The summed E-state index contributed by atoms with van der Waals surface area (Å²) in [5.41, 5.74) is -4.28. The third-order valence-electron chi connectivity index (χ3n) is 7.06. The van der Waals surface area contributed by atoms with Gasteiger partial charge in [-0.3, -0.25) is 4.90 Å². The lowest BCUT2D eigenvalue weighted by Crippen LogP contribution is -2.44. The van der Waals surface area contributed by atoms with Crippen LogP contribution >= 0.6 is 0 Å². The van der Waals surface area contributed by atoms with Crippen molar-refractivity contribution in [2.24, 2.45) is 5.92 Å². The molecular weight excluding hydrogens is 531 g/mol. The zero-order valence-corrected chi connectivity index (χ0v) is 19.9. The van der Waals surface area contributed by atoms with Crippen LogP contribution in [0.4, 0.5) is 50.0 Å². The quantitative estimate of drug-likeness (QED) is 0.389. The van der Waals surface area contributed by atoms with Crippen molar-refractivity contribution in [1.82, 2.24) is 4.90 Å². The Bertz CT molecular complexity index is 1150. The SMILES string of the molecule is COC(=O)N(Cc1cc(C(F)(F)F)cc(C(F)(F)F)c1)[C@H]1C[C@@H](C2CCC2)Nc2ccc(C(F)(F)F)cc21. The summed E-state index contributed by atoms with van der Waals surface area (Å²) in [5.74, 6) is 0.151. The number of fused-ring (bicyclic) bond motifs is 1. The summed E-state index contributed by atoms with van der Waals surface area (Å²) >= 11 is 0. The molecule has 0 radical (unpaired) electrons. The average molecular weight is 554 g/mol. The van der Waals surface area contributed by atoms with E-state index < -0.39 is 59.5 Å². The van der Waals surface area contributed by atoms with Crippen LogP contribution in [0.5, 0.6) is 0 Å². The van der Waals surface area contributed by atoms with E-state index in [0.29, 0.717) is 17.8 Å². The first kappa shape index (κ1) is 27.9. The topological polar surface area (TPSA) is 41.6 Å². The molecule has 2 aromatic rings. The molecule has 2 aliphatic rings. The summed E-state index contributed by atoms with van der Waals surface area (Å²) in [6.45, 7) is -0.753. The third-order valence-corrected chi connectivity index (χ3v) is 7.06. The highest BCUT2D eigenvalue weighted by Gasteiger charge is 2.42. The maximum atomic E-state index is 13.5. The number of alkyl halides is 9. The Kier molecular flexibility index (Phi) is 7.26. The van der Waals surface area contributed by atoms with E-state index in [1.165, 1.54) is 6.07 Å². The van der Waals surface area contributed by atoms with Crippen molar-refractivity contribution in [2.75, 3.05) is 12.4 Å². The third kappa shape index (κ3) is 5.80. The van der Waals surface area contributed by atoms with E-state index in [0.717, 1.165) is 43.4 Å². The van der Waals surface area contributed by atoms with Crippen LogP contribution in [0.1, 0.15) is 59.5 Å². The van der Waals surface area contributed by atoms with Crippen molar-refractivity contribution < 1.29 is 49.0 Å². The molecule has 2 aromatic carbocycles. The van der Waals surface area contributed by atoms with Crippen molar-refractivity contribution in [2.45, 2.75) is 62.8 Å². The van der Waals surface area contributed by atoms with Crippen LogP contribution < -0.4 is 5.32 Å². The van der Waals surface area contributed by atoms with E-state index in [9.17, 15) is 44.3 Å². The molecule has 0 saturated heterocycles. The smallest absolute Gasteiger partial charge is 0.416 e. The Labute approximate surface area is 211 Å². The lowest BCUT2D eigenvalue weighted by atomic mass is 9.75. The molecule has 2 atom stereocenters. The Morgan fingerprint density at radius 1 is 0.895 bits per heavy atom. The number of amides is 1. The van der Waals surface area contributed by atoms with Gasteiger partial charge in [0.1, 0.15) is 0 Å². The number of ether oxygens (including phenoxy) is 1. The van der Waals surface area contributed by atoms with E-state index >= 15 is 0 Å². The van der Waals surface area contributed by atoms with Crippen molar-refractivity contribution in [1.29, 1.82) is 0 Å². The Morgan fingerprint density at radius 2 is 1.47 bits per heavy atom.